The average molecular weight is 1000 g/mol. The van der Waals surface area contributed by atoms with Gasteiger partial charge in [-0.25, -0.2) is 0 Å². The van der Waals surface area contributed by atoms with Crippen molar-refractivity contribution in [3.8, 4) is 0 Å². The van der Waals surface area contributed by atoms with Gasteiger partial charge in [-0.1, -0.05) is 93.5 Å². The molecule has 4 saturated heterocycles. The predicted molar refractivity (Wildman–Crippen MR) is 281 cm³/mol. The molecule has 1 aromatic heterocycles. The number of rotatable bonds is 10. The Balaban J connectivity index is 0.000000180. The summed E-state index contributed by atoms with van der Waals surface area (Å²) in [7, 11) is 2.06. The van der Waals surface area contributed by atoms with E-state index in [0.717, 1.165) is 47.4 Å². The molecule has 5 heterocycles. The molecule has 6 N–H and O–H groups in total. The van der Waals surface area contributed by atoms with Gasteiger partial charge in [-0.2, -0.15) is 0 Å². The van der Waals surface area contributed by atoms with E-state index in [1.165, 1.54) is 66.9 Å². The summed E-state index contributed by atoms with van der Waals surface area (Å²) in [5.41, 5.74) is 5.91. The Morgan fingerprint density at radius 1 is 1.03 bits per heavy atom. The van der Waals surface area contributed by atoms with Crippen LogP contribution in [0, 0.1) is 29.1 Å². The highest BCUT2D eigenvalue weighted by Gasteiger charge is 2.70. The number of amides is 3. The number of nitrogens with one attached hydrogen (secondary N) is 2. The normalized spacial score (nSPS) is 36.7. The minimum absolute atomic E-state index is 0.171. The molecule has 7 fully saturated rings. The number of fused-ring (bicyclic) bond motifs is 6. The first-order chi connectivity index (χ1) is 34.7. The topological polar surface area (TPSA) is 179 Å². The zero-order valence-electron chi connectivity index (χ0n) is 44.1. The SMILES string of the molecule is C=C1/C(=C\C=C2/CCC[C@]3(C)[C@@H]([C@H](C)CCCC(C)(C)O)CC[C@@H]23)C[C@@H](O)C[C@@H]1O.CN1C[C@H](C(=O)N[C@]2(C)O[C@@]3(O)[C@@H]4CCCN4C(=O)[C@H](Cc4ccccc4)N3C2=O)C[C@@H]2c3cccc4[nH]cc(c34)C[C@H]21. The number of ether oxygens (including phenoxy) is 1. The number of likely N-dealkylation sites (tertiary alicyclic amines) is 1. The molecule has 3 saturated carbocycles. The molecule has 3 aromatic rings. The number of H-pyrrole nitrogens is 1. The minimum atomic E-state index is -2.03. The summed E-state index contributed by atoms with van der Waals surface area (Å²) < 4.78 is 6.25. The largest absolute Gasteiger partial charge is 0.393 e. The first-order valence-corrected chi connectivity index (χ1v) is 27.6. The predicted octanol–water partition coefficient (Wildman–Crippen LogP) is 7.79. The molecule has 0 radical (unpaired) electrons. The summed E-state index contributed by atoms with van der Waals surface area (Å²) in [5, 5.41) is 46.4. The molecule has 8 aliphatic rings. The molecule has 2 aromatic carbocycles. The Bertz CT molecular complexity index is 2660. The van der Waals surface area contributed by atoms with Crippen molar-refractivity contribution in [3.05, 3.63) is 107 Å². The van der Waals surface area contributed by atoms with Gasteiger partial charge in [0.15, 0.2) is 0 Å². The van der Waals surface area contributed by atoms with Crippen molar-refractivity contribution in [2.24, 2.45) is 29.1 Å². The first-order valence-electron chi connectivity index (χ1n) is 27.6. The summed E-state index contributed by atoms with van der Waals surface area (Å²) in [6, 6.07) is 14.4. The van der Waals surface area contributed by atoms with Crippen LogP contribution in [-0.2, 0) is 32.0 Å². The van der Waals surface area contributed by atoms with Gasteiger partial charge in [-0.05, 0) is 156 Å². The molecule has 0 bridgehead atoms. The zero-order chi connectivity index (χ0) is 51.8. The number of likely N-dealkylation sites (N-methyl/N-ethyl adjacent to an activating group) is 1. The van der Waals surface area contributed by atoms with Crippen LogP contribution in [0.1, 0.15) is 141 Å². The molecule has 3 amide bonds. The molecule has 4 aliphatic carbocycles. The van der Waals surface area contributed by atoms with Gasteiger partial charge in [0.2, 0.25) is 17.5 Å². The monoisotopic (exact) mass is 1000 g/mol. The molecule has 13 nitrogen and oxygen atoms in total. The number of carbonyl (C=O) groups is 3. The maximum Gasteiger partial charge on any atom is 0.280 e. The summed E-state index contributed by atoms with van der Waals surface area (Å²) in [4.78, 5) is 50.4. The van der Waals surface area contributed by atoms with Crippen molar-refractivity contribution >= 4 is 28.6 Å². The smallest absolute Gasteiger partial charge is 0.280 e. The van der Waals surface area contributed by atoms with E-state index in [-0.39, 0.29) is 36.1 Å². The van der Waals surface area contributed by atoms with Crippen LogP contribution in [0.2, 0.25) is 0 Å². The first kappa shape index (κ1) is 51.8. The second kappa shape index (κ2) is 19.8. The van der Waals surface area contributed by atoms with Crippen LogP contribution in [0.15, 0.2) is 90.2 Å². The molecular formula is C60H81N5O8. The molecule has 11 rings (SSSR count). The van der Waals surface area contributed by atoms with E-state index in [1.807, 2.05) is 44.2 Å². The number of nitrogens with zero attached hydrogens (tertiary/aromatic N) is 3. The summed E-state index contributed by atoms with van der Waals surface area (Å²) in [6.07, 6.45) is 19.0. The minimum Gasteiger partial charge on any atom is -0.393 e. The van der Waals surface area contributed by atoms with Crippen LogP contribution in [0.3, 0.4) is 0 Å². The molecule has 13 heteroatoms. The number of hydrogen-bond acceptors (Lipinski definition) is 9. The van der Waals surface area contributed by atoms with Crippen LogP contribution in [0.25, 0.3) is 10.9 Å². The number of allylic oxidation sites excluding steroid dienone is 3. The van der Waals surface area contributed by atoms with Crippen LogP contribution >= 0.6 is 0 Å². The fourth-order valence-corrected chi connectivity index (χ4v) is 15.4. The van der Waals surface area contributed by atoms with E-state index in [4.69, 9.17) is 4.74 Å². The van der Waals surface area contributed by atoms with Crippen LogP contribution in [-0.4, -0.2) is 126 Å². The third-order valence-corrected chi connectivity index (χ3v) is 19.1. The molecule has 0 spiro atoms. The number of aliphatic hydroxyl groups is 4. The van der Waals surface area contributed by atoms with Crippen LogP contribution in [0.4, 0.5) is 0 Å². The van der Waals surface area contributed by atoms with Crippen molar-refractivity contribution in [1.82, 2.24) is 25.0 Å². The van der Waals surface area contributed by atoms with E-state index < -0.39 is 47.4 Å². The van der Waals surface area contributed by atoms with Gasteiger partial charge in [-0.3, -0.25) is 24.0 Å². The van der Waals surface area contributed by atoms with Gasteiger partial charge in [0.05, 0.1) is 23.7 Å². The molecule has 4 aliphatic heterocycles. The Kier molecular flexibility index (Phi) is 14.1. The average Bonchev–Trinajstić information content (AvgIpc) is 4.13. The standard InChI is InChI=1S/C33H37N5O5.C27H44O3/c1-32(35-29(39)21-15-23-22-10-6-11-24-28(22)20(17-34-24)16-25(23)36(2)18-21)31(41)38-26(14-19-8-4-3-5-9-19)30(40)37-13-7-12-27(37)33(38,42)43-32;1-18(8-6-14-26(3,4)30)23-12-13-24-20(9-7-15-27(23,24)5)10-11-21-16-22(28)17-25(29)19(21)2/h3-6,8-11,17,21,23,25-27,34,42H,7,12-16,18H2,1-2H3,(H,35,39);10-11,18,22-25,28-30H,2,6-9,12-17H2,1,3-5H3/b;20-10+,21-11-/t21-,23-,25-,26+,27+,32-,33+;18-,22-,23-,24+,25+,27-/m11/s1. The van der Waals surface area contributed by atoms with Gasteiger partial charge >= 0.3 is 0 Å². The molecule has 73 heavy (non-hydrogen) atoms. The highest BCUT2D eigenvalue weighted by Crippen LogP contribution is 2.60. The van der Waals surface area contributed by atoms with Crippen molar-refractivity contribution < 1.29 is 39.5 Å². The van der Waals surface area contributed by atoms with Gasteiger partial charge in [-0.15, -0.1) is 0 Å². The number of aromatic amines is 1. The Labute approximate surface area is 432 Å². The van der Waals surface area contributed by atoms with E-state index in [1.54, 1.807) is 10.5 Å². The molecule has 0 unspecified atom stereocenters. The summed E-state index contributed by atoms with van der Waals surface area (Å²) in [6.45, 7) is 15.4. The number of benzene rings is 2. The lowest BCUT2D eigenvalue weighted by molar-refractivity contribution is -0.315. The number of piperazine rings is 1. The molecular weight excluding hydrogens is 919 g/mol. The van der Waals surface area contributed by atoms with Crippen molar-refractivity contribution in [3.63, 3.8) is 0 Å². The quantitative estimate of drug-likeness (QED) is 0.118. The number of hydrogen-bond donors (Lipinski definition) is 6. The number of piperidine rings is 1. The van der Waals surface area contributed by atoms with Crippen LogP contribution in [0.5, 0.6) is 0 Å². The third kappa shape index (κ3) is 9.58. The van der Waals surface area contributed by atoms with Crippen molar-refractivity contribution in [1.29, 1.82) is 0 Å². The van der Waals surface area contributed by atoms with Crippen molar-refractivity contribution in [2.45, 2.75) is 184 Å². The maximum absolute atomic E-state index is 14.2. The van der Waals surface area contributed by atoms with E-state index in [9.17, 15) is 34.8 Å². The molecule has 394 valence electrons. The highest BCUT2D eigenvalue weighted by atomic mass is 16.7. The van der Waals surface area contributed by atoms with Gasteiger partial charge in [0.1, 0.15) is 12.1 Å². The zero-order valence-corrected chi connectivity index (χ0v) is 44.1. The Morgan fingerprint density at radius 3 is 2.58 bits per heavy atom. The molecule has 13 atom stereocenters. The number of aromatic nitrogens is 1. The second-order valence-electron chi connectivity index (χ2n) is 24.5. The number of aliphatic hydroxyl groups excluding tert-OH is 2. The van der Waals surface area contributed by atoms with Gasteiger partial charge in [0.25, 0.3) is 11.8 Å². The van der Waals surface area contributed by atoms with Gasteiger partial charge in [0, 0.05) is 55.0 Å². The second-order valence-corrected chi connectivity index (χ2v) is 24.5. The van der Waals surface area contributed by atoms with E-state index in [2.05, 4.69) is 79.2 Å². The Hall–Kier alpha value is -4.63. The summed E-state index contributed by atoms with van der Waals surface area (Å²) >= 11 is 0. The van der Waals surface area contributed by atoms with Gasteiger partial charge < -0.3 is 40.5 Å². The third-order valence-electron chi connectivity index (χ3n) is 19.1. The van der Waals surface area contributed by atoms with Crippen molar-refractivity contribution in [2.75, 3.05) is 20.1 Å². The fourth-order valence-electron chi connectivity index (χ4n) is 15.4. The van der Waals surface area contributed by atoms with Crippen LogP contribution < -0.4 is 5.32 Å². The Morgan fingerprint density at radius 2 is 1.81 bits per heavy atom. The lowest BCUT2D eigenvalue weighted by Crippen LogP contribution is -2.71. The fraction of sp³-hybridized carbons (Fsp3) is 0.617. The summed E-state index contributed by atoms with van der Waals surface area (Å²) in [5.74, 6) is -1.21. The lowest BCUT2D eigenvalue weighted by Gasteiger charge is -2.48. The van der Waals surface area contributed by atoms with E-state index in [0.29, 0.717) is 62.4 Å². The highest BCUT2D eigenvalue weighted by molar-refractivity contribution is 5.97. The number of carbonyl (C=O) groups excluding carboxylic acids is 3. The van der Waals surface area contributed by atoms with E-state index >= 15 is 0 Å². The lowest BCUT2D eigenvalue weighted by atomic mass is 9.60. The maximum atomic E-state index is 14.2.